The van der Waals surface area contributed by atoms with E-state index < -0.39 is 5.91 Å². The van der Waals surface area contributed by atoms with Gasteiger partial charge < -0.3 is 19.6 Å². The second kappa shape index (κ2) is 12.1. The van der Waals surface area contributed by atoms with Crippen molar-refractivity contribution >= 4 is 45.8 Å². The zero-order chi connectivity index (χ0) is 26.4. The summed E-state index contributed by atoms with van der Waals surface area (Å²) in [5, 5.41) is 21.5. The number of ether oxygens (including phenoxy) is 1. The lowest BCUT2D eigenvalue weighted by Gasteiger charge is -2.29. The van der Waals surface area contributed by atoms with Gasteiger partial charge in [-0.2, -0.15) is 5.26 Å². The Kier molecular flexibility index (Phi) is 9.16. The number of fused-ring (bicyclic) bond motifs is 1. The van der Waals surface area contributed by atoms with Crippen molar-refractivity contribution in [2.75, 3.05) is 40.9 Å². The second-order valence-electron chi connectivity index (χ2n) is 8.52. The first-order valence-electron chi connectivity index (χ1n) is 11.3. The molecule has 36 heavy (non-hydrogen) atoms. The van der Waals surface area contributed by atoms with Gasteiger partial charge in [0.25, 0.3) is 5.91 Å². The third-order valence-corrected chi connectivity index (χ3v) is 6.72. The zero-order valence-corrected chi connectivity index (χ0v) is 21.8. The number of amides is 2. The van der Waals surface area contributed by atoms with E-state index in [1.807, 2.05) is 12.1 Å². The molecular formula is C27H27Cl2N3O4. The van der Waals surface area contributed by atoms with Gasteiger partial charge in [0.2, 0.25) is 5.91 Å². The SMILES string of the molecule is COc1c(C#N)cc2ccccc2c1C(=O)N(CC(=O)N(C)C)C[C@@H](CCO)c1ccc(Cl)c(Cl)c1. The molecule has 3 aromatic carbocycles. The van der Waals surface area contributed by atoms with Crippen LogP contribution in [0.4, 0.5) is 0 Å². The minimum atomic E-state index is -0.460. The summed E-state index contributed by atoms with van der Waals surface area (Å²) >= 11 is 12.3. The molecule has 1 atom stereocenters. The number of aliphatic hydroxyl groups is 1. The van der Waals surface area contributed by atoms with Crippen molar-refractivity contribution in [2.45, 2.75) is 12.3 Å². The molecule has 0 saturated heterocycles. The number of carbonyl (C=O) groups is 2. The second-order valence-corrected chi connectivity index (χ2v) is 9.34. The standard InChI is InChI=1S/C27H27Cl2N3O4/c1-31(2)24(34)16-32(15-19(10-11-33)17-8-9-22(28)23(29)13-17)27(35)25-21-7-5-4-6-18(21)12-20(14-30)26(25)36-3/h4-9,12-13,19,33H,10-11,15-16H2,1-3H3/t19-/m1/s1. The smallest absolute Gasteiger partial charge is 0.258 e. The van der Waals surface area contributed by atoms with Gasteiger partial charge in [-0.1, -0.05) is 53.5 Å². The molecule has 0 aromatic heterocycles. The third-order valence-electron chi connectivity index (χ3n) is 5.99. The molecule has 0 bridgehead atoms. The van der Waals surface area contributed by atoms with E-state index >= 15 is 0 Å². The first-order valence-corrected chi connectivity index (χ1v) is 12.0. The van der Waals surface area contributed by atoms with Crippen LogP contribution in [0, 0.1) is 11.3 Å². The van der Waals surface area contributed by atoms with Crippen LogP contribution in [0.15, 0.2) is 48.5 Å². The number of nitrogens with zero attached hydrogens (tertiary/aromatic N) is 3. The lowest BCUT2D eigenvalue weighted by molar-refractivity contribution is -0.129. The fourth-order valence-corrected chi connectivity index (χ4v) is 4.38. The summed E-state index contributed by atoms with van der Waals surface area (Å²) in [6.07, 6.45) is 0.327. The molecule has 0 aliphatic heterocycles. The maximum absolute atomic E-state index is 14.1. The highest BCUT2D eigenvalue weighted by molar-refractivity contribution is 6.42. The van der Waals surface area contributed by atoms with E-state index in [1.165, 1.54) is 16.9 Å². The molecule has 7 nitrogen and oxygen atoms in total. The molecule has 188 valence electrons. The number of benzene rings is 3. The molecule has 0 fully saturated rings. The van der Waals surface area contributed by atoms with Gasteiger partial charge in [0.1, 0.15) is 18.4 Å². The predicted octanol–water partition coefficient (Wildman–Crippen LogP) is 4.72. The van der Waals surface area contributed by atoms with Crippen LogP contribution in [0.2, 0.25) is 10.0 Å². The molecular weight excluding hydrogens is 501 g/mol. The van der Waals surface area contributed by atoms with E-state index in [0.29, 0.717) is 27.2 Å². The Bertz CT molecular complexity index is 1320. The van der Waals surface area contributed by atoms with Crippen LogP contribution in [0.5, 0.6) is 5.75 Å². The lowest BCUT2D eigenvalue weighted by Crippen LogP contribution is -2.42. The van der Waals surface area contributed by atoms with Gasteiger partial charge in [-0.15, -0.1) is 0 Å². The largest absolute Gasteiger partial charge is 0.495 e. The maximum Gasteiger partial charge on any atom is 0.258 e. The molecule has 3 rings (SSSR count). The number of hydrogen-bond acceptors (Lipinski definition) is 5. The monoisotopic (exact) mass is 527 g/mol. The number of halogens is 2. The minimum absolute atomic E-state index is 0.116. The first-order chi connectivity index (χ1) is 17.2. The number of likely N-dealkylation sites (N-methyl/N-ethyl adjacent to an activating group) is 1. The van der Waals surface area contributed by atoms with Crippen molar-refractivity contribution < 1.29 is 19.4 Å². The van der Waals surface area contributed by atoms with Gasteiger partial charge >= 0.3 is 0 Å². The van der Waals surface area contributed by atoms with Crippen LogP contribution in [-0.2, 0) is 4.79 Å². The number of rotatable bonds is 9. The molecule has 0 radical (unpaired) electrons. The zero-order valence-electron chi connectivity index (χ0n) is 20.3. The highest BCUT2D eigenvalue weighted by Crippen LogP contribution is 2.34. The molecule has 1 N–H and O–H groups in total. The summed E-state index contributed by atoms with van der Waals surface area (Å²) in [5.74, 6) is -0.921. The van der Waals surface area contributed by atoms with Crippen molar-refractivity contribution in [3.8, 4) is 11.8 Å². The summed E-state index contributed by atoms with van der Waals surface area (Å²) < 4.78 is 5.53. The molecule has 0 aliphatic carbocycles. The number of hydrogen-bond donors (Lipinski definition) is 1. The maximum atomic E-state index is 14.1. The summed E-state index contributed by atoms with van der Waals surface area (Å²) in [5.41, 5.74) is 1.20. The lowest BCUT2D eigenvalue weighted by atomic mass is 9.94. The molecule has 3 aromatic rings. The Hall–Kier alpha value is -3.31. The van der Waals surface area contributed by atoms with Crippen LogP contribution < -0.4 is 4.74 Å². The van der Waals surface area contributed by atoms with Crippen LogP contribution in [-0.4, -0.2) is 67.6 Å². The number of aliphatic hydroxyl groups excluding tert-OH is 1. The number of carbonyl (C=O) groups excluding carboxylic acids is 2. The van der Waals surface area contributed by atoms with Crippen LogP contribution in [0.3, 0.4) is 0 Å². The normalized spacial score (nSPS) is 11.6. The Labute approximate surface area is 220 Å². The number of nitriles is 1. The Morgan fingerprint density at radius 3 is 2.44 bits per heavy atom. The predicted molar refractivity (Wildman–Crippen MR) is 141 cm³/mol. The molecule has 0 aliphatic rings. The third kappa shape index (κ3) is 5.90. The fraction of sp³-hybridized carbons (Fsp3) is 0.296. The van der Waals surface area contributed by atoms with Crippen molar-refractivity contribution in [2.24, 2.45) is 0 Å². The van der Waals surface area contributed by atoms with Crippen molar-refractivity contribution in [1.82, 2.24) is 9.80 Å². The highest BCUT2D eigenvalue weighted by atomic mass is 35.5. The molecule has 0 saturated carbocycles. The van der Waals surface area contributed by atoms with E-state index in [9.17, 15) is 20.0 Å². The summed E-state index contributed by atoms with van der Waals surface area (Å²) in [6, 6.07) is 16.1. The Morgan fingerprint density at radius 2 is 1.83 bits per heavy atom. The van der Waals surface area contributed by atoms with Gasteiger partial charge in [0.15, 0.2) is 0 Å². The van der Waals surface area contributed by atoms with E-state index in [0.717, 1.165) is 5.56 Å². The molecule has 0 spiro atoms. The van der Waals surface area contributed by atoms with E-state index in [2.05, 4.69) is 6.07 Å². The van der Waals surface area contributed by atoms with E-state index in [1.54, 1.807) is 50.5 Å². The van der Waals surface area contributed by atoms with Gasteiger partial charge in [0.05, 0.1) is 28.3 Å². The summed E-state index contributed by atoms with van der Waals surface area (Å²) in [4.78, 5) is 29.7. The van der Waals surface area contributed by atoms with Crippen LogP contribution in [0.1, 0.15) is 33.8 Å². The molecule has 0 heterocycles. The van der Waals surface area contributed by atoms with Crippen molar-refractivity contribution in [1.29, 1.82) is 5.26 Å². The molecule has 2 amide bonds. The fourth-order valence-electron chi connectivity index (χ4n) is 4.07. The van der Waals surface area contributed by atoms with Gasteiger partial charge in [-0.25, -0.2) is 0 Å². The number of methoxy groups -OCH3 is 1. The average Bonchev–Trinajstić information content (AvgIpc) is 2.87. The Morgan fingerprint density at radius 1 is 1.11 bits per heavy atom. The topological polar surface area (TPSA) is 93.9 Å². The summed E-state index contributed by atoms with van der Waals surface area (Å²) in [7, 11) is 4.63. The van der Waals surface area contributed by atoms with Crippen LogP contribution in [0.25, 0.3) is 10.8 Å². The quantitative estimate of drug-likeness (QED) is 0.434. The Balaban J connectivity index is 2.14. The molecule has 0 unspecified atom stereocenters. The van der Waals surface area contributed by atoms with Gasteiger partial charge in [-0.3, -0.25) is 9.59 Å². The average molecular weight is 528 g/mol. The van der Waals surface area contributed by atoms with E-state index in [-0.39, 0.29) is 48.4 Å². The van der Waals surface area contributed by atoms with Gasteiger partial charge in [-0.05, 0) is 41.0 Å². The highest BCUT2D eigenvalue weighted by Gasteiger charge is 2.29. The minimum Gasteiger partial charge on any atom is -0.495 e. The van der Waals surface area contributed by atoms with Crippen molar-refractivity contribution in [3.05, 3.63) is 75.3 Å². The first kappa shape index (κ1) is 27.3. The van der Waals surface area contributed by atoms with E-state index in [4.69, 9.17) is 27.9 Å². The van der Waals surface area contributed by atoms with Crippen LogP contribution >= 0.6 is 23.2 Å². The molecule has 9 heteroatoms. The van der Waals surface area contributed by atoms with Crippen molar-refractivity contribution in [3.63, 3.8) is 0 Å². The van der Waals surface area contributed by atoms with Gasteiger partial charge in [0, 0.05) is 33.2 Å². The summed E-state index contributed by atoms with van der Waals surface area (Å²) in [6.45, 7) is -0.223.